The van der Waals surface area contributed by atoms with Crippen molar-refractivity contribution in [3.8, 4) is 23.0 Å². The fraction of sp³-hybridized carbons (Fsp3) is 0.348. The molecule has 0 aliphatic heterocycles. The van der Waals surface area contributed by atoms with Crippen molar-refractivity contribution in [3.63, 3.8) is 0 Å². The van der Waals surface area contributed by atoms with Crippen LogP contribution in [0.1, 0.15) is 46.9 Å². The van der Waals surface area contributed by atoms with Crippen LogP contribution in [0.2, 0.25) is 0 Å². The van der Waals surface area contributed by atoms with Crippen LogP contribution in [0.5, 0.6) is 23.0 Å². The summed E-state index contributed by atoms with van der Waals surface area (Å²) >= 11 is 0. The van der Waals surface area contributed by atoms with Gasteiger partial charge in [0.05, 0.1) is 5.56 Å². The summed E-state index contributed by atoms with van der Waals surface area (Å²) in [7, 11) is 0. The van der Waals surface area contributed by atoms with Crippen molar-refractivity contribution in [2.24, 2.45) is 5.73 Å². The number of carbonyl (C=O) groups excluding carboxylic acids is 3. The third-order valence-electron chi connectivity index (χ3n) is 5.03. The Kier molecular flexibility index (Phi) is 9.50. The summed E-state index contributed by atoms with van der Waals surface area (Å²) in [6.07, 6.45) is 0.924. The molecule has 11 heteroatoms. The molecule has 0 radical (unpaired) electrons. The van der Waals surface area contributed by atoms with Crippen molar-refractivity contribution >= 4 is 17.8 Å². The van der Waals surface area contributed by atoms with Gasteiger partial charge < -0.3 is 41.5 Å². The average Bonchev–Trinajstić information content (AvgIpc) is 2.80. The second-order valence-corrected chi connectivity index (χ2v) is 7.59. The number of hydrogen-bond acceptors (Lipinski definition) is 9. The molecule has 0 aliphatic rings. The van der Waals surface area contributed by atoms with Gasteiger partial charge in [0.1, 0.15) is 17.7 Å². The molecule has 2 atom stereocenters. The Morgan fingerprint density at radius 1 is 0.853 bits per heavy atom. The van der Waals surface area contributed by atoms with Gasteiger partial charge in [0.2, 0.25) is 5.91 Å². The van der Waals surface area contributed by atoms with E-state index in [0.29, 0.717) is 32.4 Å². The Balaban J connectivity index is 1.65. The first-order valence-electron chi connectivity index (χ1n) is 10.7. The van der Waals surface area contributed by atoms with Gasteiger partial charge in [-0.25, -0.2) is 4.79 Å². The molecule has 0 spiro atoms. The Hall–Kier alpha value is -3.99. The van der Waals surface area contributed by atoms with Crippen molar-refractivity contribution in [2.45, 2.75) is 38.3 Å². The van der Waals surface area contributed by atoms with Gasteiger partial charge in [-0.05, 0) is 50.5 Å². The monoisotopic (exact) mass is 475 g/mol. The number of aromatic hydroxyl groups is 4. The number of carbonyl (C=O) groups is 3. The summed E-state index contributed by atoms with van der Waals surface area (Å²) in [5.74, 6) is -3.89. The van der Waals surface area contributed by atoms with E-state index in [1.165, 1.54) is 43.3 Å². The summed E-state index contributed by atoms with van der Waals surface area (Å²) in [5.41, 5.74) is 5.58. The predicted octanol–water partition coefficient (Wildman–Crippen LogP) is 1.10. The van der Waals surface area contributed by atoms with Crippen LogP contribution in [0, 0.1) is 0 Å². The second kappa shape index (κ2) is 12.3. The average molecular weight is 475 g/mol. The van der Waals surface area contributed by atoms with Gasteiger partial charge >= 0.3 is 5.97 Å². The zero-order chi connectivity index (χ0) is 25.3. The minimum Gasteiger partial charge on any atom is -0.504 e. The second-order valence-electron chi connectivity index (χ2n) is 7.59. The molecule has 34 heavy (non-hydrogen) atoms. The van der Waals surface area contributed by atoms with Crippen LogP contribution in [0.15, 0.2) is 36.4 Å². The van der Waals surface area contributed by atoms with Gasteiger partial charge in [0.25, 0.3) is 5.91 Å². The molecule has 184 valence electrons. The zero-order valence-corrected chi connectivity index (χ0v) is 18.7. The van der Waals surface area contributed by atoms with Gasteiger partial charge in [-0.15, -0.1) is 0 Å². The third-order valence-corrected chi connectivity index (χ3v) is 5.03. The smallest absolute Gasteiger partial charge is 0.342 e. The molecule has 2 rings (SSSR count). The van der Waals surface area contributed by atoms with Crippen LogP contribution < -0.4 is 16.4 Å². The Labute approximate surface area is 196 Å². The number of rotatable bonds is 11. The van der Waals surface area contributed by atoms with Crippen molar-refractivity contribution in [1.82, 2.24) is 10.6 Å². The summed E-state index contributed by atoms with van der Waals surface area (Å²) in [6, 6.07) is 6.83. The number of phenolic OH excluding ortho intramolecular Hbond substituents is 4. The lowest BCUT2D eigenvalue weighted by atomic mass is 10.1. The highest BCUT2D eigenvalue weighted by Gasteiger charge is 2.26. The molecule has 8 N–H and O–H groups in total. The number of amides is 2. The largest absolute Gasteiger partial charge is 0.504 e. The summed E-state index contributed by atoms with van der Waals surface area (Å²) in [4.78, 5) is 36.4. The first kappa shape index (κ1) is 26.3. The predicted molar refractivity (Wildman–Crippen MR) is 122 cm³/mol. The van der Waals surface area contributed by atoms with Crippen LogP contribution in [-0.4, -0.2) is 63.4 Å². The number of para-hydroxylation sites is 2. The summed E-state index contributed by atoms with van der Waals surface area (Å²) in [6.45, 7) is 2.10. The van der Waals surface area contributed by atoms with Crippen molar-refractivity contribution in [3.05, 3.63) is 47.5 Å². The Bertz CT molecular complexity index is 1030. The molecule has 11 nitrogen and oxygen atoms in total. The van der Waals surface area contributed by atoms with Gasteiger partial charge in [-0.2, -0.15) is 0 Å². The summed E-state index contributed by atoms with van der Waals surface area (Å²) < 4.78 is 5.12. The standard InChI is InChI=1S/C23H29N3O8/c1-13(34-23(33)15-8-6-10-17(28)20(15)30)18(24)22(32)26-12-4-2-3-11-25-21(31)14-7-5-9-16(27)19(14)29/h5-10,13,18,27-30H,2-4,11-12,24H2,1H3,(H,25,31)(H,26,32)/t13-,18+/m1/s1. The first-order valence-corrected chi connectivity index (χ1v) is 10.7. The number of hydrogen-bond donors (Lipinski definition) is 7. The maximum absolute atomic E-state index is 12.2. The van der Waals surface area contributed by atoms with Crippen LogP contribution in [0.25, 0.3) is 0 Å². The van der Waals surface area contributed by atoms with Crippen LogP contribution in [-0.2, 0) is 9.53 Å². The number of nitrogens with two attached hydrogens (primary N) is 1. The molecule has 0 saturated heterocycles. The van der Waals surface area contributed by atoms with E-state index in [1.807, 2.05) is 0 Å². The van der Waals surface area contributed by atoms with Gasteiger partial charge in [0, 0.05) is 13.1 Å². The van der Waals surface area contributed by atoms with Crippen molar-refractivity contribution in [1.29, 1.82) is 0 Å². The van der Waals surface area contributed by atoms with E-state index in [4.69, 9.17) is 10.5 Å². The Morgan fingerprint density at radius 2 is 1.38 bits per heavy atom. The van der Waals surface area contributed by atoms with E-state index in [-0.39, 0.29) is 16.9 Å². The molecule has 2 aromatic rings. The maximum atomic E-state index is 12.2. The molecule has 0 bridgehead atoms. The van der Waals surface area contributed by atoms with E-state index in [9.17, 15) is 34.8 Å². The van der Waals surface area contributed by atoms with E-state index in [1.54, 1.807) is 0 Å². The molecule has 2 amide bonds. The maximum Gasteiger partial charge on any atom is 0.342 e. The summed E-state index contributed by atoms with van der Waals surface area (Å²) in [5, 5.41) is 43.6. The molecule has 0 fully saturated rings. The van der Waals surface area contributed by atoms with Crippen molar-refractivity contribution < 1.29 is 39.5 Å². The molecule has 0 heterocycles. The van der Waals surface area contributed by atoms with Crippen LogP contribution in [0.3, 0.4) is 0 Å². The number of phenols is 4. The molecular formula is C23H29N3O8. The topological polar surface area (TPSA) is 191 Å². The fourth-order valence-corrected chi connectivity index (χ4v) is 2.98. The van der Waals surface area contributed by atoms with E-state index in [2.05, 4.69) is 10.6 Å². The highest BCUT2D eigenvalue weighted by Crippen LogP contribution is 2.29. The lowest BCUT2D eigenvalue weighted by Crippen LogP contribution is -2.48. The normalized spacial score (nSPS) is 12.4. The van der Waals surface area contributed by atoms with Gasteiger partial charge in [-0.3, -0.25) is 9.59 Å². The third kappa shape index (κ3) is 7.01. The highest BCUT2D eigenvalue weighted by molar-refractivity contribution is 5.97. The number of esters is 1. The lowest BCUT2D eigenvalue weighted by Gasteiger charge is -2.20. The minimum absolute atomic E-state index is 0.0182. The molecule has 0 aliphatic carbocycles. The van der Waals surface area contributed by atoms with Crippen LogP contribution >= 0.6 is 0 Å². The highest BCUT2D eigenvalue weighted by atomic mass is 16.5. The number of nitrogens with one attached hydrogen (secondary N) is 2. The van der Waals surface area contributed by atoms with Gasteiger partial charge in [0.15, 0.2) is 23.0 Å². The minimum atomic E-state index is -1.14. The van der Waals surface area contributed by atoms with E-state index >= 15 is 0 Å². The number of unbranched alkanes of at least 4 members (excludes halogenated alkanes) is 2. The molecular weight excluding hydrogens is 446 g/mol. The number of ether oxygens (including phenoxy) is 1. The van der Waals surface area contributed by atoms with Gasteiger partial charge in [-0.1, -0.05) is 12.1 Å². The fourth-order valence-electron chi connectivity index (χ4n) is 2.98. The molecule has 0 aromatic heterocycles. The molecule has 2 aromatic carbocycles. The quantitative estimate of drug-likeness (QED) is 0.142. The number of benzene rings is 2. The van der Waals surface area contributed by atoms with Crippen molar-refractivity contribution in [2.75, 3.05) is 13.1 Å². The van der Waals surface area contributed by atoms with E-state index in [0.717, 1.165) is 0 Å². The van der Waals surface area contributed by atoms with Crippen LogP contribution in [0.4, 0.5) is 0 Å². The zero-order valence-electron chi connectivity index (χ0n) is 18.7. The Morgan fingerprint density at radius 3 is 2.00 bits per heavy atom. The molecule has 0 unspecified atom stereocenters. The lowest BCUT2D eigenvalue weighted by molar-refractivity contribution is -0.124. The van der Waals surface area contributed by atoms with E-state index < -0.39 is 47.2 Å². The first-order chi connectivity index (χ1) is 16.1. The molecule has 0 saturated carbocycles. The SMILES string of the molecule is C[C@@H](OC(=O)c1cccc(O)c1O)[C@H](N)C(=O)NCCCCCNC(=O)c1cccc(O)c1O.